The van der Waals surface area contributed by atoms with Gasteiger partial charge in [-0.15, -0.1) is 0 Å². The highest BCUT2D eigenvalue weighted by Crippen LogP contribution is 2.27. The van der Waals surface area contributed by atoms with Gasteiger partial charge in [-0.3, -0.25) is 20.2 Å². The number of carbonyl (C=O) groups excluding carboxylic acids is 1. The van der Waals surface area contributed by atoms with Crippen LogP contribution in [0.25, 0.3) is 0 Å². The van der Waals surface area contributed by atoms with E-state index in [-0.39, 0.29) is 12.2 Å². The Morgan fingerprint density at radius 1 is 1.33 bits per heavy atom. The standard InChI is InChI=1S/C12H12F3N3O3/c13-12(14,15)5-6-17-10(19)7-16-11(17)8-1-3-9(4-2-8)18(20)21/h1-4,11,16H,5-7H2. The third-order valence-electron chi connectivity index (χ3n) is 3.13. The molecule has 1 amide bonds. The number of nitrogens with one attached hydrogen (secondary N) is 1. The number of nitro groups is 1. The molecule has 1 saturated heterocycles. The molecule has 1 aliphatic rings. The molecule has 1 aromatic rings. The zero-order valence-electron chi connectivity index (χ0n) is 10.8. The molecular formula is C12H12F3N3O3. The lowest BCUT2D eigenvalue weighted by molar-refractivity contribution is -0.384. The van der Waals surface area contributed by atoms with E-state index in [9.17, 15) is 28.1 Å². The molecule has 0 spiro atoms. The van der Waals surface area contributed by atoms with Crippen molar-refractivity contribution in [2.75, 3.05) is 13.1 Å². The lowest BCUT2D eigenvalue weighted by Gasteiger charge is -2.25. The van der Waals surface area contributed by atoms with Gasteiger partial charge in [0.05, 0.1) is 17.9 Å². The Kier molecular flexibility index (Phi) is 4.12. The molecule has 0 aliphatic carbocycles. The van der Waals surface area contributed by atoms with Crippen molar-refractivity contribution in [3.63, 3.8) is 0 Å². The monoisotopic (exact) mass is 303 g/mol. The van der Waals surface area contributed by atoms with Gasteiger partial charge in [-0.2, -0.15) is 13.2 Å². The van der Waals surface area contributed by atoms with Crippen LogP contribution in [0.4, 0.5) is 18.9 Å². The van der Waals surface area contributed by atoms with Crippen LogP contribution in [0.5, 0.6) is 0 Å². The first kappa shape index (κ1) is 15.2. The summed E-state index contributed by atoms with van der Waals surface area (Å²) < 4.78 is 36.8. The van der Waals surface area contributed by atoms with Crippen molar-refractivity contribution in [3.05, 3.63) is 39.9 Å². The number of hydrogen-bond acceptors (Lipinski definition) is 4. The first-order valence-electron chi connectivity index (χ1n) is 6.12. The molecule has 0 aromatic heterocycles. The van der Waals surface area contributed by atoms with Gasteiger partial charge in [0.2, 0.25) is 5.91 Å². The number of rotatable bonds is 4. The largest absolute Gasteiger partial charge is 0.390 e. The average Bonchev–Trinajstić information content (AvgIpc) is 2.77. The predicted octanol–water partition coefficient (Wildman–Crippen LogP) is 1.98. The number of nitrogens with zero attached hydrogens (tertiary/aromatic N) is 2. The van der Waals surface area contributed by atoms with Crippen LogP contribution in [-0.4, -0.2) is 35.0 Å². The summed E-state index contributed by atoms with van der Waals surface area (Å²) in [5, 5.41) is 13.4. The molecule has 114 valence electrons. The minimum absolute atomic E-state index is 0.0560. The summed E-state index contributed by atoms with van der Waals surface area (Å²) >= 11 is 0. The van der Waals surface area contributed by atoms with Crippen LogP contribution in [0, 0.1) is 10.1 Å². The number of amides is 1. The van der Waals surface area contributed by atoms with E-state index >= 15 is 0 Å². The number of carbonyl (C=O) groups is 1. The van der Waals surface area contributed by atoms with Crippen LogP contribution in [0.15, 0.2) is 24.3 Å². The second-order valence-corrected chi connectivity index (χ2v) is 4.58. The maximum Gasteiger partial charge on any atom is 0.390 e. The van der Waals surface area contributed by atoms with Crippen molar-refractivity contribution in [2.24, 2.45) is 0 Å². The van der Waals surface area contributed by atoms with Gasteiger partial charge in [0.15, 0.2) is 0 Å². The highest BCUT2D eigenvalue weighted by Gasteiger charge is 2.35. The van der Waals surface area contributed by atoms with E-state index in [2.05, 4.69) is 5.32 Å². The molecule has 6 nitrogen and oxygen atoms in total. The fourth-order valence-electron chi connectivity index (χ4n) is 2.12. The molecule has 1 aliphatic heterocycles. The van der Waals surface area contributed by atoms with Crippen molar-refractivity contribution in [1.29, 1.82) is 0 Å². The Morgan fingerprint density at radius 3 is 2.48 bits per heavy atom. The Labute approximate surface area is 117 Å². The normalized spacial score (nSPS) is 19.1. The average molecular weight is 303 g/mol. The lowest BCUT2D eigenvalue weighted by Crippen LogP contribution is -2.33. The fourth-order valence-corrected chi connectivity index (χ4v) is 2.12. The number of nitro benzene ring substituents is 1. The topological polar surface area (TPSA) is 75.5 Å². The number of benzene rings is 1. The molecule has 1 heterocycles. The second kappa shape index (κ2) is 5.68. The highest BCUT2D eigenvalue weighted by molar-refractivity contribution is 5.80. The van der Waals surface area contributed by atoms with Gasteiger partial charge in [-0.1, -0.05) is 0 Å². The van der Waals surface area contributed by atoms with Gasteiger partial charge in [0.1, 0.15) is 6.17 Å². The summed E-state index contributed by atoms with van der Waals surface area (Å²) in [7, 11) is 0. The van der Waals surface area contributed by atoms with Crippen LogP contribution >= 0.6 is 0 Å². The second-order valence-electron chi connectivity index (χ2n) is 4.58. The number of alkyl halides is 3. The van der Waals surface area contributed by atoms with Crippen LogP contribution in [0.2, 0.25) is 0 Å². The van der Waals surface area contributed by atoms with E-state index in [0.29, 0.717) is 5.56 Å². The minimum Gasteiger partial charge on any atom is -0.321 e. The smallest absolute Gasteiger partial charge is 0.321 e. The summed E-state index contributed by atoms with van der Waals surface area (Å²) in [4.78, 5) is 22.7. The fraction of sp³-hybridized carbons (Fsp3) is 0.417. The third kappa shape index (κ3) is 3.69. The van der Waals surface area contributed by atoms with Gasteiger partial charge < -0.3 is 4.90 Å². The van der Waals surface area contributed by atoms with Crippen molar-refractivity contribution >= 4 is 11.6 Å². The van der Waals surface area contributed by atoms with Crippen LogP contribution in [-0.2, 0) is 4.79 Å². The zero-order valence-corrected chi connectivity index (χ0v) is 10.8. The van der Waals surface area contributed by atoms with E-state index in [1.54, 1.807) is 0 Å². The molecule has 0 saturated carbocycles. The first-order valence-corrected chi connectivity index (χ1v) is 6.12. The molecular weight excluding hydrogens is 291 g/mol. The first-order chi connectivity index (χ1) is 9.78. The van der Waals surface area contributed by atoms with E-state index in [1.165, 1.54) is 24.3 Å². The minimum atomic E-state index is -4.34. The van der Waals surface area contributed by atoms with Crippen LogP contribution in [0.3, 0.4) is 0 Å². The van der Waals surface area contributed by atoms with E-state index < -0.39 is 36.1 Å². The Morgan fingerprint density at radius 2 is 1.95 bits per heavy atom. The SMILES string of the molecule is O=C1CNC(c2ccc([N+](=O)[O-])cc2)N1CCC(F)(F)F. The lowest BCUT2D eigenvalue weighted by atomic mass is 10.1. The van der Waals surface area contributed by atoms with Crippen molar-refractivity contribution in [1.82, 2.24) is 10.2 Å². The molecule has 1 unspecified atom stereocenters. The van der Waals surface area contributed by atoms with Crippen LogP contribution in [0.1, 0.15) is 18.2 Å². The molecule has 9 heteroatoms. The maximum absolute atomic E-state index is 12.3. The number of hydrogen-bond donors (Lipinski definition) is 1. The maximum atomic E-state index is 12.3. The molecule has 2 rings (SSSR count). The van der Waals surface area contributed by atoms with Crippen molar-refractivity contribution < 1.29 is 22.9 Å². The zero-order chi connectivity index (χ0) is 15.6. The molecule has 1 atom stereocenters. The Bertz CT molecular complexity index is 545. The van der Waals surface area contributed by atoms with Gasteiger partial charge in [0.25, 0.3) is 5.69 Å². The third-order valence-corrected chi connectivity index (χ3v) is 3.13. The van der Waals surface area contributed by atoms with Gasteiger partial charge in [0, 0.05) is 18.7 Å². The summed E-state index contributed by atoms with van der Waals surface area (Å²) in [6, 6.07) is 5.35. The molecule has 1 N–H and O–H groups in total. The van der Waals surface area contributed by atoms with E-state index in [4.69, 9.17) is 0 Å². The van der Waals surface area contributed by atoms with Crippen molar-refractivity contribution in [2.45, 2.75) is 18.8 Å². The van der Waals surface area contributed by atoms with Gasteiger partial charge in [-0.05, 0) is 17.7 Å². The van der Waals surface area contributed by atoms with Crippen molar-refractivity contribution in [3.8, 4) is 0 Å². The quantitative estimate of drug-likeness (QED) is 0.681. The predicted molar refractivity (Wildman–Crippen MR) is 66.2 cm³/mol. The van der Waals surface area contributed by atoms with E-state index in [0.717, 1.165) is 4.90 Å². The summed E-state index contributed by atoms with van der Waals surface area (Å²) in [6.45, 7) is -0.503. The summed E-state index contributed by atoms with van der Waals surface area (Å²) in [5.41, 5.74) is 0.388. The molecule has 1 aromatic carbocycles. The molecule has 1 fully saturated rings. The highest BCUT2D eigenvalue weighted by atomic mass is 19.4. The molecule has 21 heavy (non-hydrogen) atoms. The summed E-state index contributed by atoms with van der Waals surface area (Å²) in [5.74, 6) is -0.428. The van der Waals surface area contributed by atoms with Gasteiger partial charge >= 0.3 is 6.18 Å². The summed E-state index contributed by atoms with van der Waals surface area (Å²) in [6.07, 6.45) is -6.13. The Balaban J connectivity index is 2.13. The Hall–Kier alpha value is -2.16. The number of halogens is 3. The van der Waals surface area contributed by atoms with E-state index in [1.807, 2.05) is 0 Å². The number of non-ortho nitro benzene ring substituents is 1. The van der Waals surface area contributed by atoms with Gasteiger partial charge in [-0.25, -0.2) is 0 Å². The van der Waals surface area contributed by atoms with Crippen LogP contribution < -0.4 is 5.32 Å². The molecule has 0 radical (unpaired) electrons. The molecule has 0 bridgehead atoms.